The van der Waals surface area contributed by atoms with Crippen molar-refractivity contribution in [3.05, 3.63) is 30.3 Å². The third kappa shape index (κ3) is 2.56. The molecule has 1 saturated carbocycles. The maximum atomic E-state index is 12.7. The summed E-state index contributed by atoms with van der Waals surface area (Å²) in [6.07, 6.45) is 3.85. The molecule has 118 valence electrons. The molecular weight excluding hydrogens is 280 g/mol. The van der Waals surface area contributed by atoms with E-state index in [4.69, 9.17) is 4.74 Å². The lowest BCUT2D eigenvalue weighted by molar-refractivity contribution is -0.134. The normalized spacial score (nSPS) is 28.0. The average molecular weight is 302 g/mol. The first-order valence-electron chi connectivity index (χ1n) is 7.95. The number of carbonyl (C=O) groups is 2. The molecule has 2 aliphatic rings. The summed E-state index contributed by atoms with van der Waals surface area (Å²) in [6, 6.07) is 9.13. The van der Waals surface area contributed by atoms with Gasteiger partial charge in [0.15, 0.2) is 0 Å². The molecule has 3 amide bonds. The lowest BCUT2D eigenvalue weighted by Crippen LogP contribution is -2.54. The van der Waals surface area contributed by atoms with Gasteiger partial charge in [-0.2, -0.15) is 0 Å². The third-order valence-corrected chi connectivity index (χ3v) is 4.83. The van der Waals surface area contributed by atoms with Gasteiger partial charge in [0.2, 0.25) is 0 Å². The van der Waals surface area contributed by atoms with Crippen LogP contribution < -0.4 is 10.1 Å². The second kappa shape index (κ2) is 5.99. The molecule has 22 heavy (non-hydrogen) atoms. The van der Waals surface area contributed by atoms with Crippen LogP contribution in [0.2, 0.25) is 0 Å². The number of hydrogen-bond acceptors (Lipinski definition) is 3. The molecule has 1 aliphatic heterocycles. The average Bonchev–Trinajstić information content (AvgIpc) is 2.76. The van der Waals surface area contributed by atoms with Crippen LogP contribution in [0.5, 0.6) is 5.75 Å². The van der Waals surface area contributed by atoms with Crippen molar-refractivity contribution in [1.82, 2.24) is 10.2 Å². The van der Waals surface area contributed by atoms with E-state index in [1.807, 2.05) is 30.3 Å². The zero-order chi connectivity index (χ0) is 15.6. The third-order valence-electron chi connectivity index (χ3n) is 4.83. The van der Waals surface area contributed by atoms with Gasteiger partial charge in [0.1, 0.15) is 17.9 Å². The Labute approximate surface area is 130 Å². The molecule has 1 saturated heterocycles. The molecule has 2 atom stereocenters. The first-order valence-corrected chi connectivity index (χ1v) is 7.95. The van der Waals surface area contributed by atoms with Crippen LogP contribution in [0.15, 0.2) is 30.3 Å². The molecule has 1 spiro atoms. The highest BCUT2D eigenvalue weighted by Gasteiger charge is 2.54. The summed E-state index contributed by atoms with van der Waals surface area (Å²) >= 11 is 0. The van der Waals surface area contributed by atoms with Gasteiger partial charge in [-0.1, -0.05) is 38.0 Å². The Bertz CT molecular complexity index is 560. The molecule has 5 heteroatoms. The number of carbonyl (C=O) groups excluding carboxylic acids is 2. The minimum atomic E-state index is -0.678. The van der Waals surface area contributed by atoms with Gasteiger partial charge in [0, 0.05) is 0 Å². The summed E-state index contributed by atoms with van der Waals surface area (Å²) in [5, 5.41) is 2.95. The van der Waals surface area contributed by atoms with E-state index in [1.165, 1.54) is 4.90 Å². The van der Waals surface area contributed by atoms with Crippen molar-refractivity contribution in [2.45, 2.75) is 38.1 Å². The number of ether oxygens (including phenoxy) is 1. The molecule has 2 fully saturated rings. The van der Waals surface area contributed by atoms with Crippen LogP contribution >= 0.6 is 0 Å². The highest BCUT2D eigenvalue weighted by atomic mass is 16.5. The fraction of sp³-hybridized carbons (Fsp3) is 0.529. The van der Waals surface area contributed by atoms with Gasteiger partial charge >= 0.3 is 6.03 Å². The van der Waals surface area contributed by atoms with Crippen molar-refractivity contribution in [3.63, 3.8) is 0 Å². The van der Waals surface area contributed by atoms with E-state index in [1.54, 1.807) is 0 Å². The fourth-order valence-corrected chi connectivity index (χ4v) is 3.47. The molecule has 1 aromatic rings. The van der Waals surface area contributed by atoms with Gasteiger partial charge in [-0.3, -0.25) is 9.69 Å². The van der Waals surface area contributed by atoms with E-state index >= 15 is 0 Å². The standard InChI is InChI=1S/C17H22N2O3/c1-13-7-5-6-10-17(13)15(20)19(16(21)18-17)11-12-22-14-8-3-2-4-9-14/h2-4,8-9,13H,5-7,10-12H2,1H3,(H,18,21)/t13-,17-/m1/s1. The quantitative estimate of drug-likeness (QED) is 0.870. The van der Waals surface area contributed by atoms with Gasteiger partial charge < -0.3 is 10.1 Å². The van der Waals surface area contributed by atoms with Crippen molar-refractivity contribution in [1.29, 1.82) is 0 Å². The first kappa shape index (κ1) is 14.9. The minimum Gasteiger partial charge on any atom is -0.492 e. The van der Waals surface area contributed by atoms with E-state index in [0.29, 0.717) is 6.61 Å². The zero-order valence-corrected chi connectivity index (χ0v) is 12.9. The van der Waals surface area contributed by atoms with Crippen molar-refractivity contribution in [2.75, 3.05) is 13.2 Å². The lowest BCUT2D eigenvalue weighted by atomic mass is 9.73. The summed E-state index contributed by atoms with van der Waals surface area (Å²) in [7, 11) is 0. The second-order valence-electron chi connectivity index (χ2n) is 6.17. The molecule has 1 heterocycles. The minimum absolute atomic E-state index is 0.0821. The Hall–Kier alpha value is -2.04. The molecule has 3 rings (SSSR count). The number of nitrogens with zero attached hydrogens (tertiary/aromatic N) is 1. The van der Waals surface area contributed by atoms with E-state index in [0.717, 1.165) is 31.4 Å². The number of urea groups is 1. The maximum absolute atomic E-state index is 12.7. The summed E-state index contributed by atoms with van der Waals surface area (Å²) < 4.78 is 5.59. The van der Waals surface area contributed by atoms with Crippen molar-refractivity contribution in [2.24, 2.45) is 5.92 Å². The molecule has 0 aromatic heterocycles. The zero-order valence-electron chi connectivity index (χ0n) is 12.9. The smallest absolute Gasteiger partial charge is 0.325 e. The molecule has 0 bridgehead atoms. The number of hydrogen-bond donors (Lipinski definition) is 1. The van der Waals surface area contributed by atoms with Gasteiger partial charge in [-0.25, -0.2) is 4.79 Å². The highest BCUT2D eigenvalue weighted by molar-refractivity contribution is 6.07. The Morgan fingerprint density at radius 1 is 1.27 bits per heavy atom. The number of para-hydroxylation sites is 1. The Morgan fingerprint density at radius 3 is 2.77 bits per heavy atom. The SMILES string of the molecule is C[C@@H]1CCCC[C@@]12NC(=O)N(CCOc1ccccc1)C2=O. The number of nitrogens with one attached hydrogen (secondary N) is 1. The summed E-state index contributed by atoms with van der Waals surface area (Å²) in [5.74, 6) is 0.856. The van der Waals surface area contributed by atoms with Crippen LogP contribution in [0.4, 0.5) is 4.79 Å². The van der Waals surface area contributed by atoms with Gasteiger partial charge in [0.05, 0.1) is 6.54 Å². The molecule has 1 aromatic carbocycles. The second-order valence-corrected chi connectivity index (χ2v) is 6.17. The predicted octanol–water partition coefficient (Wildman–Crippen LogP) is 2.57. The van der Waals surface area contributed by atoms with Crippen LogP contribution in [0.25, 0.3) is 0 Å². The Morgan fingerprint density at radius 2 is 2.05 bits per heavy atom. The molecule has 0 unspecified atom stereocenters. The first-order chi connectivity index (χ1) is 10.6. The highest BCUT2D eigenvalue weighted by Crippen LogP contribution is 2.38. The summed E-state index contributed by atoms with van der Waals surface area (Å²) in [6.45, 7) is 2.66. The van der Waals surface area contributed by atoms with Crippen LogP contribution in [-0.4, -0.2) is 35.5 Å². The number of rotatable bonds is 4. The monoisotopic (exact) mass is 302 g/mol. The van der Waals surface area contributed by atoms with E-state index in [-0.39, 0.29) is 24.4 Å². The number of benzene rings is 1. The summed E-state index contributed by atoms with van der Waals surface area (Å²) in [5.41, 5.74) is -0.678. The van der Waals surface area contributed by atoms with E-state index in [2.05, 4.69) is 12.2 Å². The van der Waals surface area contributed by atoms with E-state index in [9.17, 15) is 9.59 Å². The number of amides is 3. The Balaban J connectivity index is 1.62. The largest absolute Gasteiger partial charge is 0.492 e. The fourth-order valence-electron chi connectivity index (χ4n) is 3.47. The van der Waals surface area contributed by atoms with Crippen LogP contribution in [0.1, 0.15) is 32.6 Å². The molecular formula is C17H22N2O3. The van der Waals surface area contributed by atoms with E-state index < -0.39 is 5.54 Å². The van der Waals surface area contributed by atoms with Crippen LogP contribution in [0, 0.1) is 5.92 Å². The topological polar surface area (TPSA) is 58.6 Å². The van der Waals surface area contributed by atoms with Crippen molar-refractivity contribution >= 4 is 11.9 Å². The lowest BCUT2D eigenvalue weighted by Gasteiger charge is -2.36. The number of imide groups is 1. The molecule has 0 radical (unpaired) electrons. The summed E-state index contributed by atoms with van der Waals surface area (Å²) in [4.78, 5) is 26.2. The van der Waals surface area contributed by atoms with Gasteiger partial charge in [-0.05, 0) is 30.9 Å². The predicted molar refractivity (Wildman–Crippen MR) is 82.5 cm³/mol. The van der Waals surface area contributed by atoms with Gasteiger partial charge in [-0.15, -0.1) is 0 Å². The molecule has 5 nitrogen and oxygen atoms in total. The molecule has 1 aliphatic carbocycles. The maximum Gasteiger partial charge on any atom is 0.325 e. The van der Waals surface area contributed by atoms with Crippen molar-refractivity contribution < 1.29 is 14.3 Å². The molecule has 1 N–H and O–H groups in total. The van der Waals surface area contributed by atoms with Crippen LogP contribution in [0.3, 0.4) is 0 Å². The van der Waals surface area contributed by atoms with Crippen LogP contribution in [-0.2, 0) is 4.79 Å². The Kier molecular flexibility index (Phi) is 4.05. The van der Waals surface area contributed by atoms with Crippen molar-refractivity contribution in [3.8, 4) is 5.75 Å². The van der Waals surface area contributed by atoms with Gasteiger partial charge in [0.25, 0.3) is 5.91 Å².